The molecule has 0 atom stereocenters. The van der Waals surface area contributed by atoms with E-state index in [1.165, 1.54) is 5.56 Å². The number of piperazine rings is 1. The van der Waals surface area contributed by atoms with Gasteiger partial charge < -0.3 is 15.0 Å². The number of aryl methyl sites for hydroxylation is 1. The normalized spacial score (nSPS) is 14.4. The molecule has 0 aromatic heterocycles. The van der Waals surface area contributed by atoms with E-state index in [1.807, 2.05) is 36.1 Å². The van der Waals surface area contributed by atoms with Gasteiger partial charge in [-0.15, -0.1) is 0 Å². The quantitative estimate of drug-likeness (QED) is 0.655. The number of ether oxygens (including phenoxy) is 1. The molecule has 0 unspecified atom stereocenters. The van der Waals surface area contributed by atoms with Gasteiger partial charge in [0.25, 0.3) is 0 Å². The topological polar surface area (TPSA) is 61.9 Å². The van der Waals surface area contributed by atoms with Crippen LogP contribution in [0.5, 0.6) is 5.75 Å². The lowest BCUT2D eigenvalue weighted by molar-refractivity contribution is -0.132. The average Bonchev–Trinajstić information content (AvgIpc) is 2.74. The van der Waals surface area contributed by atoms with Gasteiger partial charge in [0.1, 0.15) is 12.4 Å². The predicted molar refractivity (Wildman–Crippen MR) is 118 cm³/mol. The molecule has 1 N–H and O–H groups in total. The van der Waals surface area contributed by atoms with Crippen molar-refractivity contribution in [2.75, 3.05) is 45.9 Å². The van der Waals surface area contributed by atoms with Gasteiger partial charge in [0.15, 0.2) is 0 Å². The Balaban J connectivity index is 1.30. The minimum absolute atomic E-state index is 0.0332. The summed E-state index contributed by atoms with van der Waals surface area (Å²) in [5.41, 5.74) is 2.22. The minimum Gasteiger partial charge on any atom is -0.492 e. The largest absolute Gasteiger partial charge is 0.492 e. The molecule has 7 heteroatoms. The molecular formula is C23H28ClN3O3. The van der Waals surface area contributed by atoms with Crippen LogP contribution in [-0.2, 0) is 16.0 Å². The molecule has 0 spiro atoms. The minimum atomic E-state index is -0.0332. The number of nitrogens with zero attached hydrogens (tertiary/aromatic N) is 2. The zero-order valence-electron chi connectivity index (χ0n) is 17.3. The van der Waals surface area contributed by atoms with E-state index < -0.39 is 0 Å². The number of hydrogen-bond acceptors (Lipinski definition) is 4. The Labute approximate surface area is 182 Å². The first-order chi connectivity index (χ1) is 14.5. The lowest BCUT2D eigenvalue weighted by Gasteiger charge is -2.34. The van der Waals surface area contributed by atoms with Gasteiger partial charge in [0.05, 0.1) is 19.5 Å². The molecule has 2 aromatic carbocycles. The molecule has 1 fully saturated rings. The van der Waals surface area contributed by atoms with Crippen LogP contribution in [0, 0.1) is 6.92 Å². The standard InChI is InChI=1S/C23H28ClN3O3/c1-18-2-4-19(5-3-18)16-23(29)27-13-11-26(12-14-27)17-22(28)25-10-15-30-21-8-6-20(24)7-9-21/h2-9H,10-17H2,1H3,(H,25,28). The van der Waals surface area contributed by atoms with Gasteiger partial charge in [-0.3, -0.25) is 14.5 Å². The van der Waals surface area contributed by atoms with Gasteiger partial charge in [-0.25, -0.2) is 0 Å². The van der Waals surface area contributed by atoms with Crippen LogP contribution in [0.25, 0.3) is 0 Å². The first-order valence-corrected chi connectivity index (χ1v) is 10.6. The third-order valence-corrected chi connectivity index (χ3v) is 5.33. The number of amides is 2. The Morgan fingerprint density at radius 3 is 2.33 bits per heavy atom. The molecule has 0 radical (unpaired) electrons. The summed E-state index contributed by atoms with van der Waals surface area (Å²) in [6.45, 7) is 5.91. The van der Waals surface area contributed by atoms with Crippen LogP contribution in [-0.4, -0.2) is 67.5 Å². The van der Waals surface area contributed by atoms with Crippen molar-refractivity contribution >= 4 is 23.4 Å². The molecule has 3 rings (SSSR count). The van der Waals surface area contributed by atoms with Crippen molar-refractivity contribution in [3.8, 4) is 5.75 Å². The molecule has 1 aliphatic heterocycles. The summed E-state index contributed by atoms with van der Waals surface area (Å²) in [5.74, 6) is 0.830. The van der Waals surface area contributed by atoms with Gasteiger partial charge in [0, 0.05) is 31.2 Å². The van der Waals surface area contributed by atoms with Gasteiger partial charge in [-0.1, -0.05) is 41.4 Å². The van der Waals surface area contributed by atoms with Crippen molar-refractivity contribution in [2.24, 2.45) is 0 Å². The summed E-state index contributed by atoms with van der Waals surface area (Å²) >= 11 is 5.84. The summed E-state index contributed by atoms with van der Waals surface area (Å²) < 4.78 is 5.57. The van der Waals surface area contributed by atoms with E-state index >= 15 is 0 Å². The fourth-order valence-electron chi connectivity index (χ4n) is 3.30. The van der Waals surface area contributed by atoms with Gasteiger partial charge in [-0.2, -0.15) is 0 Å². The van der Waals surface area contributed by atoms with Crippen molar-refractivity contribution in [1.82, 2.24) is 15.1 Å². The van der Waals surface area contributed by atoms with E-state index in [0.717, 1.165) is 11.3 Å². The fourth-order valence-corrected chi connectivity index (χ4v) is 3.42. The van der Waals surface area contributed by atoms with Crippen molar-refractivity contribution in [3.63, 3.8) is 0 Å². The van der Waals surface area contributed by atoms with Crippen molar-refractivity contribution in [2.45, 2.75) is 13.3 Å². The lowest BCUT2D eigenvalue weighted by Crippen LogP contribution is -2.51. The molecule has 2 aromatic rings. The molecule has 1 saturated heterocycles. The van der Waals surface area contributed by atoms with E-state index in [4.69, 9.17) is 16.3 Å². The highest BCUT2D eigenvalue weighted by molar-refractivity contribution is 6.30. The number of benzene rings is 2. The maximum Gasteiger partial charge on any atom is 0.234 e. The van der Waals surface area contributed by atoms with Gasteiger partial charge in [-0.05, 0) is 36.8 Å². The van der Waals surface area contributed by atoms with Crippen LogP contribution in [0.15, 0.2) is 48.5 Å². The van der Waals surface area contributed by atoms with E-state index in [2.05, 4.69) is 10.2 Å². The van der Waals surface area contributed by atoms with Crippen LogP contribution < -0.4 is 10.1 Å². The molecule has 1 aliphatic rings. The Kier molecular flexibility index (Phi) is 8.11. The second-order valence-electron chi connectivity index (χ2n) is 7.47. The lowest BCUT2D eigenvalue weighted by atomic mass is 10.1. The van der Waals surface area contributed by atoms with Crippen molar-refractivity contribution in [1.29, 1.82) is 0 Å². The fraction of sp³-hybridized carbons (Fsp3) is 0.391. The predicted octanol–water partition coefficient (Wildman–Crippen LogP) is 2.53. The first kappa shape index (κ1) is 22.1. The van der Waals surface area contributed by atoms with Crippen LogP contribution in [0.4, 0.5) is 0 Å². The molecule has 30 heavy (non-hydrogen) atoms. The molecule has 0 bridgehead atoms. The van der Waals surface area contributed by atoms with Crippen LogP contribution in [0.1, 0.15) is 11.1 Å². The van der Waals surface area contributed by atoms with Crippen molar-refractivity contribution in [3.05, 3.63) is 64.7 Å². The molecule has 0 aliphatic carbocycles. The molecule has 6 nitrogen and oxygen atoms in total. The van der Waals surface area contributed by atoms with Crippen molar-refractivity contribution < 1.29 is 14.3 Å². The second kappa shape index (κ2) is 11.0. The first-order valence-electron chi connectivity index (χ1n) is 10.2. The summed E-state index contributed by atoms with van der Waals surface area (Å²) in [6, 6.07) is 15.2. The highest BCUT2D eigenvalue weighted by atomic mass is 35.5. The average molecular weight is 430 g/mol. The Morgan fingerprint density at radius 2 is 1.67 bits per heavy atom. The summed E-state index contributed by atoms with van der Waals surface area (Å²) in [6.07, 6.45) is 0.425. The summed E-state index contributed by atoms with van der Waals surface area (Å²) in [4.78, 5) is 28.6. The number of rotatable bonds is 8. The molecule has 1 heterocycles. The van der Waals surface area contributed by atoms with Gasteiger partial charge in [0.2, 0.25) is 11.8 Å². The summed E-state index contributed by atoms with van der Waals surface area (Å²) in [5, 5.41) is 3.53. The Hall–Kier alpha value is -2.57. The zero-order chi connectivity index (χ0) is 21.3. The summed E-state index contributed by atoms with van der Waals surface area (Å²) in [7, 11) is 0. The van der Waals surface area contributed by atoms with E-state index in [9.17, 15) is 9.59 Å². The molecular weight excluding hydrogens is 402 g/mol. The third-order valence-electron chi connectivity index (χ3n) is 5.07. The zero-order valence-corrected chi connectivity index (χ0v) is 18.0. The SMILES string of the molecule is Cc1ccc(CC(=O)N2CCN(CC(=O)NCCOc3ccc(Cl)cc3)CC2)cc1. The second-order valence-corrected chi connectivity index (χ2v) is 7.91. The molecule has 160 valence electrons. The Morgan fingerprint density at radius 1 is 1.00 bits per heavy atom. The van der Waals surface area contributed by atoms with E-state index in [0.29, 0.717) is 57.3 Å². The van der Waals surface area contributed by atoms with Gasteiger partial charge >= 0.3 is 0 Å². The number of hydrogen-bond donors (Lipinski definition) is 1. The number of nitrogens with one attached hydrogen (secondary N) is 1. The maximum absolute atomic E-state index is 12.5. The maximum atomic E-state index is 12.5. The monoisotopic (exact) mass is 429 g/mol. The number of carbonyl (C=O) groups is 2. The smallest absolute Gasteiger partial charge is 0.234 e. The Bertz CT molecular complexity index is 832. The highest BCUT2D eigenvalue weighted by Gasteiger charge is 2.22. The van der Waals surface area contributed by atoms with Crippen LogP contribution >= 0.6 is 11.6 Å². The van der Waals surface area contributed by atoms with Crippen LogP contribution in [0.3, 0.4) is 0 Å². The third kappa shape index (κ3) is 7.04. The number of halogens is 1. The molecule has 0 saturated carbocycles. The van der Waals surface area contributed by atoms with E-state index in [1.54, 1.807) is 24.3 Å². The van der Waals surface area contributed by atoms with Crippen LogP contribution in [0.2, 0.25) is 5.02 Å². The van der Waals surface area contributed by atoms with E-state index in [-0.39, 0.29) is 11.8 Å². The highest BCUT2D eigenvalue weighted by Crippen LogP contribution is 2.15. The number of carbonyl (C=O) groups excluding carboxylic acids is 2. The molecule has 2 amide bonds.